The van der Waals surface area contributed by atoms with Gasteiger partial charge in [0.15, 0.2) is 5.11 Å². The Bertz CT molecular complexity index is 365. The molecule has 0 spiro atoms. The molecule has 0 amide bonds. The Morgan fingerprint density at radius 2 is 2.00 bits per heavy atom. The van der Waals surface area contributed by atoms with Crippen molar-refractivity contribution >= 4 is 17.3 Å². The van der Waals surface area contributed by atoms with Gasteiger partial charge in [-0.2, -0.15) is 0 Å². The number of hydrogen-bond acceptors (Lipinski definition) is 2. The van der Waals surface area contributed by atoms with Gasteiger partial charge in [0.2, 0.25) is 0 Å². The molecule has 1 heterocycles. The normalized spacial score (nSPS) is 25.5. The Morgan fingerprint density at radius 1 is 1.33 bits per heavy atom. The molecule has 0 unspecified atom stereocenters. The fourth-order valence-electron chi connectivity index (χ4n) is 1.86. The lowest BCUT2D eigenvalue weighted by atomic mass is 9.98. The number of rotatable bonds is 2. The summed E-state index contributed by atoms with van der Waals surface area (Å²) in [6.07, 6.45) is 0.932. The first kappa shape index (κ1) is 10.4. The first-order valence-corrected chi connectivity index (χ1v) is 5.48. The fraction of sp³-hybridized carbons (Fsp3) is 0.364. The molecule has 0 bridgehead atoms. The number of nitrogens with zero attached hydrogens (tertiary/aromatic N) is 1. The molecule has 80 valence electrons. The van der Waals surface area contributed by atoms with Crippen molar-refractivity contribution in [2.75, 3.05) is 7.05 Å². The third-order valence-electron chi connectivity index (χ3n) is 2.78. The lowest BCUT2D eigenvalue weighted by Gasteiger charge is -2.28. The third kappa shape index (κ3) is 1.70. The van der Waals surface area contributed by atoms with Crippen LogP contribution in [-0.2, 0) is 5.66 Å². The van der Waals surface area contributed by atoms with Gasteiger partial charge in [-0.1, -0.05) is 37.3 Å². The molecule has 1 aromatic rings. The molecule has 4 heteroatoms. The van der Waals surface area contributed by atoms with Crippen LogP contribution in [0.25, 0.3) is 0 Å². The Labute approximate surface area is 95.4 Å². The average Bonchev–Trinajstić information content (AvgIpc) is 2.57. The van der Waals surface area contributed by atoms with Crippen LogP contribution in [0.15, 0.2) is 30.3 Å². The van der Waals surface area contributed by atoms with Crippen LogP contribution in [0.1, 0.15) is 18.9 Å². The van der Waals surface area contributed by atoms with Crippen LogP contribution < -0.4 is 10.7 Å². The summed E-state index contributed by atoms with van der Waals surface area (Å²) >= 11 is 5.21. The SMILES string of the molecule is CC[C@@]1(c2ccccc2)NC(=S)N(C)N1. The zero-order chi connectivity index (χ0) is 10.9. The van der Waals surface area contributed by atoms with Crippen molar-refractivity contribution in [3.05, 3.63) is 35.9 Å². The molecular weight excluding hydrogens is 206 g/mol. The molecule has 2 rings (SSSR count). The minimum atomic E-state index is -0.243. The van der Waals surface area contributed by atoms with Crippen molar-refractivity contribution in [3.8, 4) is 0 Å². The van der Waals surface area contributed by atoms with Gasteiger partial charge in [0.1, 0.15) is 5.66 Å². The van der Waals surface area contributed by atoms with E-state index >= 15 is 0 Å². The average molecular weight is 221 g/mol. The summed E-state index contributed by atoms with van der Waals surface area (Å²) < 4.78 is 0. The van der Waals surface area contributed by atoms with Crippen LogP contribution in [0.3, 0.4) is 0 Å². The number of hydrogen-bond donors (Lipinski definition) is 2. The van der Waals surface area contributed by atoms with E-state index in [4.69, 9.17) is 12.2 Å². The second-order valence-electron chi connectivity index (χ2n) is 3.73. The second-order valence-corrected chi connectivity index (χ2v) is 4.11. The van der Waals surface area contributed by atoms with E-state index in [1.807, 2.05) is 30.3 Å². The minimum absolute atomic E-state index is 0.243. The largest absolute Gasteiger partial charge is 0.338 e. The van der Waals surface area contributed by atoms with E-state index in [1.54, 1.807) is 0 Å². The number of nitrogens with one attached hydrogen (secondary N) is 2. The van der Waals surface area contributed by atoms with E-state index in [1.165, 1.54) is 5.56 Å². The second kappa shape index (κ2) is 3.79. The number of thiocarbonyl (C=S) groups is 1. The van der Waals surface area contributed by atoms with Gasteiger partial charge in [0.25, 0.3) is 0 Å². The quantitative estimate of drug-likeness (QED) is 0.741. The molecule has 1 aliphatic rings. The van der Waals surface area contributed by atoms with Crippen LogP contribution in [0, 0.1) is 0 Å². The van der Waals surface area contributed by atoms with Crippen molar-refractivity contribution in [2.45, 2.75) is 19.0 Å². The lowest BCUT2D eigenvalue weighted by molar-refractivity contribution is 0.236. The molecular formula is C11H15N3S. The van der Waals surface area contributed by atoms with Crippen molar-refractivity contribution in [1.82, 2.24) is 15.8 Å². The molecule has 0 aromatic heterocycles. The molecule has 1 saturated heterocycles. The molecule has 0 aliphatic carbocycles. The van der Waals surface area contributed by atoms with Gasteiger partial charge in [-0.05, 0) is 24.2 Å². The molecule has 0 radical (unpaired) electrons. The van der Waals surface area contributed by atoms with Gasteiger partial charge >= 0.3 is 0 Å². The van der Waals surface area contributed by atoms with E-state index in [2.05, 4.69) is 29.8 Å². The van der Waals surface area contributed by atoms with Crippen molar-refractivity contribution in [3.63, 3.8) is 0 Å². The summed E-state index contributed by atoms with van der Waals surface area (Å²) in [5.41, 5.74) is 4.33. The smallest absolute Gasteiger partial charge is 0.185 e. The van der Waals surface area contributed by atoms with Crippen molar-refractivity contribution in [1.29, 1.82) is 0 Å². The molecule has 3 nitrogen and oxygen atoms in total. The summed E-state index contributed by atoms with van der Waals surface area (Å²) in [5, 5.41) is 5.92. The van der Waals surface area contributed by atoms with Gasteiger partial charge < -0.3 is 5.32 Å². The van der Waals surface area contributed by atoms with E-state index in [0.29, 0.717) is 0 Å². The van der Waals surface area contributed by atoms with Crippen molar-refractivity contribution in [2.24, 2.45) is 0 Å². The summed E-state index contributed by atoms with van der Waals surface area (Å²) in [5.74, 6) is 0. The van der Waals surface area contributed by atoms with Crippen LogP contribution in [0.4, 0.5) is 0 Å². The highest BCUT2D eigenvalue weighted by molar-refractivity contribution is 7.80. The lowest BCUT2D eigenvalue weighted by Crippen LogP contribution is -2.47. The molecule has 2 N–H and O–H groups in total. The topological polar surface area (TPSA) is 27.3 Å². The van der Waals surface area contributed by atoms with E-state index in [0.717, 1.165) is 11.5 Å². The molecule has 1 fully saturated rings. The maximum Gasteiger partial charge on any atom is 0.185 e. The predicted octanol–water partition coefficient (Wildman–Crippen LogP) is 1.57. The Hall–Kier alpha value is -1.13. The molecule has 1 atom stereocenters. The number of hydrazine groups is 1. The van der Waals surface area contributed by atoms with Gasteiger partial charge in [-0.25, -0.2) is 5.43 Å². The van der Waals surface area contributed by atoms with Gasteiger partial charge in [0.05, 0.1) is 0 Å². The summed E-state index contributed by atoms with van der Waals surface area (Å²) in [7, 11) is 1.93. The zero-order valence-electron chi connectivity index (χ0n) is 8.95. The molecule has 1 aromatic carbocycles. The third-order valence-corrected chi connectivity index (χ3v) is 3.16. The van der Waals surface area contributed by atoms with E-state index < -0.39 is 0 Å². The first-order valence-electron chi connectivity index (χ1n) is 5.07. The van der Waals surface area contributed by atoms with Crippen molar-refractivity contribution < 1.29 is 0 Å². The predicted molar refractivity (Wildman–Crippen MR) is 65.0 cm³/mol. The van der Waals surface area contributed by atoms with Gasteiger partial charge in [-0.3, -0.25) is 5.01 Å². The zero-order valence-corrected chi connectivity index (χ0v) is 9.77. The van der Waals surface area contributed by atoms with Crippen LogP contribution in [-0.4, -0.2) is 17.2 Å². The highest BCUT2D eigenvalue weighted by atomic mass is 32.1. The maximum absolute atomic E-state index is 5.21. The monoisotopic (exact) mass is 221 g/mol. The van der Waals surface area contributed by atoms with Gasteiger partial charge in [-0.15, -0.1) is 0 Å². The van der Waals surface area contributed by atoms with Crippen LogP contribution in [0.2, 0.25) is 0 Å². The molecule has 15 heavy (non-hydrogen) atoms. The highest BCUT2D eigenvalue weighted by Crippen LogP contribution is 2.25. The maximum atomic E-state index is 5.21. The Kier molecular flexibility index (Phi) is 2.63. The Balaban J connectivity index is 2.36. The standard InChI is InChI=1S/C11H15N3S/c1-3-11(9-7-5-4-6-8-9)12-10(15)14(2)13-11/h4-8,13H,3H2,1-2H3,(H,12,15)/t11-/m1/s1. The molecule has 0 saturated carbocycles. The summed E-state index contributed by atoms with van der Waals surface area (Å²) in [6.45, 7) is 2.13. The van der Waals surface area contributed by atoms with Crippen LogP contribution >= 0.6 is 12.2 Å². The highest BCUT2D eigenvalue weighted by Gasteiger charge is 2.38. The summed E-state index contributed by atoms with van der Waals surface area (Å²) in [4.78, 5) is 0. The number of benzene rings is 1. The molecule has 1 aliphatic heterocycles. The fourth-order valence-corrected chi connectivity index (χ4v) is 2.08. The first-order chi connectivity index (χ1) is 7.18. The Morgan fingerprint density at radius 3 is 2.47 bits per heavy atom. The minimum Gasteiger partial charge on any atom is -0.338 e. The van der Waals surface area contributed by atoms with E-state index in [-0.39, 0.29) is 5.66 Å². The van der Waals surface area contributed by atoms with Gasteiger partial charge in [0, 0.05) is 7.05 Å². The van der Waals surface area contributed by atoms with Crippen LogP contribution in [0.5, 0.6) is 0 Å². The summed E-state index contributed by atoms with van der Waals surface area (Å²) in [6, 6.07) is 10.3. The van der Waals surface area contributed by atoms with E-state index in [9.17, 15) is 0 Å².